The van der Waals surface area contributed by atoms with Gasteiger partial charge in [-0.15, -0.1) is 0 Å². The highest BCUT2D eigenvalue weighted by Gasteiger charge is 2.44. The van der Waals surface area contributed by atoms with Crippen LogP contribution in [-0.2, 0) is 14.3 Å². The molecule has 9 heteroatoms. The minimum absolute atomic E-state index is 0.146. The maximum atomic E-state index is 12.9. The molecule has 1 saturated heterocycles. The molecule has 52 heavy (non-hydrogen) atoms. The number of allylic oxidation sites excluding steroid dienone is 2. The summed E-state index contributed by atoms with van der Waals surface area (Å²) in [6.45, 7) is 3.81. The zero-order chi connectivity index (χ0) is 38.1. The molecule has 2 unspecified atom stereocenters. The Morgan fingerprint density at radius 3 is 1.56 bits per heavy atom. The highest BCUT2D eigenvalue weighted by Crippen LogP contribution is 2.23. The second kappa shape index (κ2) is 34.4. The summed E-state index contributed by atoms with van der Waals surface area (Å²) in [6, 6.07) is -0.728. The second-order valence-electron chi connectivity index (χ2n) is 15.5. The molecule has 0 aromatic carbocycles. The molecule has 0 saturated carbocycles. The molecule has 0 aromatic rings. The van der Waals surface area contributed by atoms with Crippen molar-refractivity contribution in [2.75, 3.05) is 13.2 Å². The number of carbonyl (C=O) groups is 1. The van der Waals surface area contributed by atoms with Crippen molar-refractivity contribution in [1.29, 1.82) is 0 Å². The van der Waals surface area contributed by atoms with Gasteiger partial charge in [0, 0.05) is 6.42 Å². The predicted octanol–water partition coefficient (Wildman–Crippen LogP) is 8.56. The van der Waals surface area contributed by atoms with Crippen LogP contribution in [0.1, 0.15) is 200 Å². The molecule has 1 heterocycles. The minimum Gasteiger partial charge on any atom is -0.394 e. The average Bonchev–Trinajstić information content (AvgIpc) is 3.14. The van der Waals surface area contributed by atoms with Gasteiger partial charge >= 0.3 is 0 Å². The molecule has 6 N–H and O–H groups in total. The van der Waals surface area contributed by atoms with E-state index in [1.165, 1.54) is 128 Å². The van der Waals surface area contributed by atoms with Crippen molar-refractivity contribution in [2.45, 2.75) is 243 Å². The molecule has 1 rings (SSSR count). The number of ether oxygens (including phenoxy) is 2. The molecule has 7 atom stereocenters. The van der Waals surface area contributed by atoms with E-state index in [4.69, 9.17) is 9.47 Å². The van der Waals surface area contributed by atoms with E-state index in [1.54, 1.807) is 0 Å². The third-order valence-corrected chi connectivity index (χ3v) is 10.6. The summed E-state index contributed by atoms with van der Waals surface area (Å²) in [5, 5.41) is 54.2. The monoisotopic (exact) mass is 742 g/mol. The Hall–Kier alpha value is -1.07. The fourth-order valence-corrected chi connectivity index (χ4v) is 7.04. The van der Waals surface area contributed by atoms with E-state index in [0.717, 1.165) is 44.9 Å². The first-order valence-corrected chi connectivity index (χ1v) is 21.9. The number of rotatable bonds is 36. The Morgan fingerprint density at radius 1 is 0.635 bits per heavy atom. The molecule has 1 aliphatic rings. The highest BCUT2D eigenvalue weighted by molar-refractivity contribution is 5.76. The molecule has 0 radical (unpaired) electrons. The molecule has 0 spiro atoms. The van der Waals surface area contributed by atoms with Gasteiger partial charge in [0.2, 0.25) is 5.91 Å². The van der Waals surface area contributed by atoms with Gasteiger partial charge in [0.1, 0.15) is 24.4 Å². The highest BCUT2D eigenvalue weighted by atomic mass is 16.7. The first kappa shape index (κ1) is 48.9. The van der Waals surface area contributed by atoms with Crippen molar-refractivity contribution >= 4 is 5.91 Å². The van der Waals surface area contributed by atoms with Crippen LogP contribution in [0.4, 0.5) is 0 Å². The van der Waals surface area contributed by atoms with E-state index >= 15 is 0 Å². The molecule has 0 bridgehead atoms. The number of unbranched alkanes of at least 4 members (excludes halogenated alkanes) is 24. The normalized spacial score (nSPS) is 21.9. The van der Waals surface area contributed by atoms with E-state index in [-0.39, 0.29) is 12.5 Å². The molecular weight excluding hydrogens is 658 g/mol. The van der Waals surface area contributed by atoms with Crippen molar-refractivity contribution < 1.29 is 39.8 Å². The van der Waals surface area contributed by atoms with Crippen LogP contribution in [0.2, 0.25) is 0 Å². The Kier molecular flexibility index (Phi) is 32.4. The van der Waals surface area contributed by atoms with E-state index in [0.29, 0.717) is 12.8 Å². The lowest BCUT2D eigenvalue weighted by atomic mass is 9.99. The molecule has 9 nitrogen and oxygen atoms in total. The van der Waals surface area contributed by atoms with Crippen molar-refractivity contribution in [2.24, 2.45) is 0 Å². The Morgan fingerprint density at radius 2 is 1.08 bits per heavy atom. The number of nitrogens with one attached hydrogen (secondary N) is 1. The summed E-state index contributed by atoms with van der Waals surface area (Å²) in [7, 11) is 0. The second-order valence-corrected chi connectivity index (χ2v) is 15.5. The lowest BCUT2D eigenvalue weighted by Crippen LogP contribution is -2.60. The molecule has 1 aliphatic heterocycles. The molecular formula is C43H83NO8. The van der Waals surface area contributed by atoms with Gasteiger partial charge in [-0.2, -0.15) is 0 Å². The van der Waals surface area contributed by atoms with Gasteiger partial charge in [-0.25, -0.2) is 0 Å². The van der Waals surface area contributed by atoms with Crippen LogP contribution in [0.3, 0.4) is 0 Å². The Balaban J connectivity index is 2.38. The van der Waals surface area contributed by atoms with Gasteiger partial charge < -0.3 is 40.3 Å². The quantitative estimate of drug-likeness (QED) is 0.0277. The maximum Gasteiger partial charge on any atom is 0.220 e. The van der Waals surface area contributed by atoms with Gasteiger partial charge in [0.05, 0.1) is 25.4 Å². The van der Waals surface area contributed by atoms with Crippen molar-refractivity contribution in [3.05, 3.63) is 12.2 Å². The summed E-state index contributed by atoms with van der Waals surface area (Å²) >= 11 is 0. The van der Waals surface area contributed by atoms with E-state index in [1.807, 2.05) is 0 Å². The van der Waals surface area contributed by atoms with E-state index in [2.05, 4.69) is 31.3 Å². The van der Waals surface area contributed by atoms with E-state index in [9.17, 15) is 30.3 Å². The lowest BCUT2D eigenvalue weighted by Gasteiger charge is -2.40. The first-order valence-electron chi connectivity index (χ1n) is 21.9. The third-order valence-electron chi connectivity index (χ3n) is 10.6. The third kappa shape index (κ3) is 25.1. The smallest absolute Gasteiger partial charge is 0.220 e. The van der Waals surface area contributed by atoms with Crippen LogP contribution < -0.4 is 5.32 Å². The van der Waals surface area contributed by atoms with Crippen LogP contribution in [-0.4, -0.2) is 87.5 Å². The minimum atomic E-state index is -1.55. The standard InChI is InChI=1S/C43H83NO8/c1-3-5-7-9-11-13-15-17-19-20-22-24-26-28-30-32-37(46)36(35-51-43-42(50)41(49)40(48)38(34-45)52-43)44-39(47)33-31-29-27-25-23-21-18-16-14-12-10-8-6-4-2/h22,24,36-38,40-43,45-46,48-50H,3-21,23,25-35H2,1-2H3,(H,44,47)/b24-22+/t36-,37+,38+,40+,41?,42?,43+/m0/s1. The predicted molar refractivity (Wildman–Crippen MR) is 212 cm³/mol. The van der Waals surface area contributed by atoms with Crippen LogP contribution in [0.15, 0.2) is 12.2 Å². The van der Waals surface area contributed by atoms with Gasteiger partial charge in [-0.1, -0.05) is 167 Å². The summed E-state index contributed by atoms with van der Waals surface area (Å²) in [6.07, 6.45) is 30.7. The number of amides is 1. The fourth-order valence-electron chi connectivity index (χ4n) is 7.04. The largest absolute Gasteiger partial charge is 0.394 e. The molecule has 1 fully saturated rings. The average molecular weight is 742 g/mol. The molecule has 0 aromatic heterocycles. The molecule has 1 amide bonds. The summed E-state index contributed by atoms with van der Waals surface area (Å²) in [5.74, 6) is -0.153. The Labute approximate surface area is 318 Å². The van der Waals surface area contributed by atoms with Crippen LogP contribution in [0, 0.1) is 0 Å². The molecule has 0 aliphatic carbocycles. The number of aliphatic hydroxyl groups excluding tert-OH is 5. The van der Waals surface area contributed by atoms with Crippen LogP contribution in [0.25, 0.3) is 0 Å². The fraction of sp³-hybridized carbons (Fsp3) is 0.930. The number of hydrogen-bond acceptors (Lipinski definition) is 8. The summed E-state index contributed by atoms with van der Waals surface area (Å²) < 4.78 is 11.2. The zero-order valence-electron chi connectivity index (χ0n) is 33.6. The topological polar surface area (TPSA) is 149 Å². The van der Waals surface area contributed by atoms with Crippen molar-refractivity contribution in [1.82, 2.24) is 5.32 Å². The van der Waals surface area contributed by atoms with Crippen LogP contribution in [0.5, 0.6) is 0 Å². The number of aliphatic hydroxyl groups is 5. The van der Waals surface area contributed by atoms with E-state index < -0.39 is 49.5 Å². The van der Waals surface area contributed by atoms with Crippen molar-refractivity contribution in [3.63, 3.8) is 0 Å². The van der Waals surface area contributed by atoms with Crippen LogP contribution >= 0.6 is 0 Å². The van der Waals surface area contributed by atoms with Gasteiger partial charge in [-0.05, 0) is 38.5 Å². The van der Waals surface area contributed by atoms with Crippen molar-refractivity contribution in [3.8, 4) is 0 Å². The number of hydrogen-bond donors (Lipinski definition) is 6. The number of carbonyl (C=O) groups excluding carboxylic acids is 1. The molecule has 308 valence electrons. The lowest BCUT2D eigenvalue weighted by molar-refractivity contribution is -0.302. The SMILES string of the molecule is CCCCCCCCCCC/C=C/CCCC[C@@H](O)[C@H](CO[C@@H]1O[C@H](CO)[C@@H](O)C(O)C1O)NC(=O)CCCCCCCCCCCCCCCC. The zero-order valence-corrected chi connectivity index (χ0v) is 33.6. The summed E-state index contributed by atoms with van der Waals surface area (Å²) in [4.78, 5) is 12.9. The van der Waals surface area contributed by atoms with Gasteiger partial charge in [0.15, 0.2) is 6.29 Å². The maximum absolute atomic E-state index is 12.9. The van der Waals surface area contributed by atoms with Gasteiger partial charge in [-0.3, -0.25) is 4.79 Å². The Bertz CT molecular complexity index is 827. The first-order chi connectivity index (χ1) is 25.3. The van der Waals surface area contributed by atoms with Gasteiger partial charge in [0.25, 0.3) is 0 Å². The summed E-state index contributed by atoms with van der Waals surface area (Å²) in [5.41, 5.74) is 0.